The zero-order valence-corrected chi connectivity index (χ0v) is 20.7. The highest BCUT2D eigenvalue weighted by molar-refractivity contribution is 6.43. The third-order valence-corrected chi connectivity index (χ3v) is 4.90. The van der Waals surface area contributed by atoms with E-state index in [4.69, 9.17) is 5.26 Å². The summed E-state index contributed by atoms with van der Waals surface area (Å²) in [5.74, 6) is -2.34. The van der Waals surface area contributed by atoms with E-state index in [-0.39, 0.29) is 36.1 Å². The number of nitriles is 1. The number of amides is 3. The molecule has 0 aliphatic carbocycles. The molecule has 0 aliphatic rings. The number of hydrogen-bond acceptors (Lipinski definition) is 8. The first-order chi connectivity index (χ1) is 16.5. The maximum absolute atomic E-state index is 12.9. The summed E-state index contributed by atoms with van der Waals surface area (Å²) in [7, 11) is -1.75. The summed E-state index contributed by atoms with van der Waals surface area (Å²) >= 11 is 0. The largest absolute Gasteiger partial charge is 0.475 e. The number of nitrogens with one attached hydrogen (secondary N) is 3. The molecule has 190 valence electrons. The second-order valence-corrected chi connectivity index (χ2v) is 8.96. The Hall–Kier alpha value is -3.30. The molecule has 1 aromatic rings. The van der Waals surface area contributed by atoms with E-state index in [2.05, 4.69) is 25.9 Å². The fraction of sp³-hybridized carbons (Fsp3) is 0.565. The van der Waals surface area contributed by atoms with E-state index in [1.807, 2.05) is 33.8 Å². The summed E-state index contributed by atoms with van der Waals surface area (Å²) in [4.78, 5) is 45.3. The van der Waals surface area contributed by atoms with Crippen LogP contribution in [0.25, 0.3) is 0 Å². The van der Waals surface area contributed by atoms with Crippen LogP contribution >= 0.6 is 0 Å². The van der Waals surface area contributed by atoms with Gasteiger partial charge in [-0.2, -0.15) is 5.26 Å². The average molecular weight is 486 g/mol. The molecule has 0 fully saturated rings. The maximum atomic E-state index is 12.9. The minimum absolute atomic E-state index is 0.0412. The lowest BCUT2D eigenvalue weighted by molar-refractivity contribution is -0.123. The summed E-state index contributed by atoms with van der Waals surface area (Å²) in [5.41, 5.74) is 0.0895. The molecule has 0 aliphatic heterocycles. The van der Waals surface area contributed by atoms with Crippen molar-refractivity contribution in [3.8, 4) is 6.07 Å². The van der Waals surface area contributed by atoms with E-state index >= 15 is 0 Å². The fourth-order valence-electron chi connectivity index (χ4n) is 3.23. The number of carbonyl (C=O) groups is 3. The van der Waals surface area contributed by atoms with Gasteiger partial charge in [0.25, 0.3) is 11.8 Å². The summed E-state index contributed by atoms with van der Waals surface area (Å²) in [5, 5.41) is 36.3. The molecular formula is C23H35BN6O5. The first-order valence-corrected chi connectivity index (χ1v) is 11.7. The van der Waals surface area contributed by atoms with Crippen LogP contribution in [0, 0.1) is 23.2 Å². The minimum atomic E-state index is -1.75. The van der Waals surface area contributed by atoms with Gasteiger partial charge in [-0.1, -0.05) is 33.8 Å². The van der Waals surface area contributed by atoms with Gasteiger partial charge >= 0.3 is 7.12 Å². The van der Waals surface area contributed by atoms with E-state index in [1.54, 1.807) is 6.08 Å². The molecule has 0 radical (unpaired) electrons. The van der Waals surface area contributed by atoms with Crippen LogP contribution in [0.15, 0.2) is 30.2 Å². The van der Waals surface area contributed by atoms with Crippen molar-refractivity contribution in [1.82, 2.24) is 25.9 Å². The second-order valence-electron chi connectivity index (χ2n) is 8.96. The quantitative estimate of drug-likeness (QED) is 0.109. The van der Waals surface area contributed by atoms with Gasteiger partial charge in [-0.15, -0.1) is 0 Å². The van der Waals surface area contributed by atoms with Gasteiger partial charge in [0.15, 0.2) is 0 Å². The fourth-order valence-corrected chi connectivity index (χ4v) is 3.23. The third-order valence-electron chi connectivity index (χ3n) is 4.90. The maximum Gasteiger partial charge on any atom is 0.475 e. The van der Waals surface area contributed by atoms with Gasteiger partial charge in [0.2, 0.25) is 5.91 Å². The van der Waals surface area contributed by atoms with Gasteiger partial charge in [0, 0.05) is 18.9 Å². The van der Waals surface area contributed by atoms with Crippen LogP contribution in [-0.4, -0.2) is 63.4 Å². The number of unbranched alkanes of at least 4 members (excludes halogenated alkanes) is 1. The van der Waals surface area contributed by atoms with Crippen molar-refractivity contribution < 1.29 is 24.4 Å². The predicted molar refractivity (Wildman–Crippen MR) is 130 cm³/mol. The zero-order chi connectivity index (χ0) is 26.4. The van der Waals surface area contributed by atoms with E-state index in [1.165, 1.54) is 18.6 Å². The van der Waals surface area contributed by atoms with Gasteiger partial charge in [0.05, 0.1) is 12.1 Å². The molecule has 0 bridgehead atoms. The number of allylic oxidation sites excluding steroid dienone is 1. The summed E-state index contributed by atoms with van der Waals surface area (Å²) in [6.45, 7) is 7.79. The lowest BCUT2D eigenvalue weighted by atomic mass is 9.75. The molecule has 2 atom stereocenters. The highest BCUT2D eigenvalue weighted by Gasteiger charge is 2.30. The number of nitrogens with zero attached hydrogens (tertiary/aromatic N) is 3. The lowest BCUT2D eigenvalue weighted by Crippen LogP contribution is -2.54. The lowest BCUT2D eigenvalue weighted by Gasteiger charge is -2.24. The van der Waals surface area contributed by atoms with Crippen LogP contribution < -0.4 is 16.0 Å². The zero-order valence-electron chi connectivity index (χ0n) is 20.7. The van der Waals surface area contributed by atoms with Gasteiger partial charge in [-0.05, 0) is 37.5 Å². The minimum Gasteiger partial charge on any atom is -0.426 e. The Morgan fingerprint density at radius 2 is 1.86 bits per heavy atom. The Bertz CT molecular complexity index is 901. The normalized spacial score (nSPS) is 13.1. The topological polar surface area (TPSA) is 177 Å². The molecule has 0 saturated carbocycles. The molecular weight excluding hydrogens is 451 g/mol. The number of hydrogen-bond donors (Lipinski definition) is 5. The molecule has 3 amide bonds. The molecule has 0 spiro atoms. The Morgan fingerprint density at radius 3 is 2.40 bits per heavy atom. The Morgan fingerprint density at radius 1 is 1.14 bits per heavy atom. The van der Waals surface area contributed by atoms with Crippen LogP contribution in [0.5, 0.6) is 0 Å². The predicted octanol–water partition coefficient (Wildman–Crippen LogP) is 0.510. The molecule has 0 saturated heterocycles. The molecule has 11 nitrogen and oxygen atoms in total. The molecule has 1 heterocycles. The molecule has 5 N–H and O–H groups in total. The SMILES string of the molecule is CC(C)C=C(C#N)C(=O)NCCCC[C@H](NC(=O)c1cnccn1)C(=O)N[C@@H](CC(C)C)B(O)O. The standard InChI is InChI=1S/C23H35BN6O5/c1-15(2)11-17(13-25)21(31)28-8-6-5-7-18(29-23(33)19-14-26-9-10-27-19)22(32)30-20(24(34)35)12-16(3)4/h9-11,14-16,18,20,34-35H,5-8,12H2,1-4H3,(H,28,31)(H,29,33)(H,30,32)/t18-,20-/m0/s1. The van der Waals surface area contributed by atoms with Crippen molar-refractivity contribution in [2.24, 2.45) is 11.8 Å². The van der Waals surface area contributed by atoms with Crippen LogP contribution in [0.4, 0.5) is 0 Å². The van der Waals surface area contributed by atoms with Crippen molar-refractivity contribution >= 4 is 24.8 Å². The highest BCUT2D eigenvalue weighted by Crippen LogP contribution is 2.09. The molecule has 12 heteroatoms. The summed E-state index contributed by atoms with van der Waals surface area (Å²) < 4.78 is 0. The number of rotatable bonds is 14. The van der Waals surface area contributed by atoms with Gasteiger partial charge in [-0.3, -0.25) is 19.4 Å². The Balaban J connectivity index is 2.77. The smallest absolute Gasteiger partial charge is 0.426 e. The third kappa shape index (κ3) is 11.6. The first kappa shape index (κ1) is 29.7. The number of aromatic nitrogens is 2. The number of carbonyl (C=O) groups excluding carboxylic acids is 3. The van der Waals surface area contributed by atoms with Gasteiger partial charge in [-0.25, -0.2) is 4.98 Å². The first-order valence-electron chi connectivity index (χ1n) is 11.7. The van der Waals surface area contributed by atoms with Crippen molar-refractivity contribution in [1.29, 1.82) is 5.26 Å². The van der Waals surface area contributed by atoms with Crippen molar-refractivity contribution in [2.75, 3.05) is 6.54 Å². The van der Waals surface area contributed by atoms with Crippen LogP contribution in [0.1, 0.15) is 63.9 Å². The van der Waals surface area contributed by atoms with Crippen molar-refractivity contribution in [2.45, 2.75) is 65.4 Å². The monoisotopic (exact) mass is 486 g/mol. The second kappa shape index (κ2) is 15.6. The van der Waals surface area contributed by atoms with E-state index in [0.717, 1.165) is 0 Å². The molecule has 35 heavy (non-hydrogen) atoms. The Kier molecular flexibility index (Phi) is 13.2. The van der Waals surface area contributed by atoms with E-state index < -0.39 is 36.8 Å². The van der Waals surface area contributed by atoms with Crippen LogP contribution in [-0.2, 0) is 9.59 Å². The van der Waals surface area contributed by atoms with Crippen molar-refractivity contribution in [3.63, 3.8) is 0 Å². The van der Waals surface area contributed by atoms with Gasteiger partial charge < -0.3 is 26.0 Å². The average Bonchev–Trinajstić information content (AvgIpc) is 2.80. The van der Waals surface area contributed by atoms with Gasteiger partial charge in [0.1, 0.15) is 23.4 Å². The summed E-state index contributed by atoms with van der Waals surface area (Å²) in [6.07, 6.45) is 7.17. The molecule has 0 aromatic carbocycles. The molecule has 1 rings (SSSR count). The Labute approximate surface area is 206 Å². The van der Waals surface area contributed by atoms with Crippen molar-refractivity contribution in [3.05, 3.63) is 35.9 Å². The highest BCUT2D eigenvalue weighted by atomic mass is 16.4. The molecule has 0 unspecified atom stereocenters. The summed E-state index contributed by atoms with van der Waals surface area (Å²) in [6, 6.07) is 0.913. The van der Waals surface area contributed by atoms with Crippen LogP contribution in [0.3, 0.4) is 0 Å². The van der Waals surface area contributed by atoms with Crippen LogP contribution in [0.2, 0.25) is 0 Å². The van der Waals surface area contributed by atoms with E-state index in [9.17, 15) is 24.4 Å². The molecule has 1 aromatic heterocycles. The van der Waals surface area contributed by atoms with E-state index in [0.29, 0.717) is 19.3 Å².